The average Bonchev–Trinajstić information content (AvgIpc) is 3.44. The molecule has 2 aromatic heterocycles. The van der Waals surface area contributed by atoms with Gasteiger partial charge in [-0.2, -0.15) is 5.26 Å². The average molecular weight is 533 g/mol. The van der Waals surface area contributed by atoms with Gasteiger partial charge in [0.15, 0.2) is 15.6 Å². The van der Waals surface area contributed by atoms with Crippen molar-refractivity contribution in [1.82, 2.24) is 14.5 Å². The fourth-order valence-electron chi connectivity index (χ4n) is 5.52. The van der Waals surface area contributed by atoms with E-state index in [9.17, 15) is 18.5 Å². The molecule has 0 N–H and O–H groups in total. The van der Waals surface area contributed by atoms with Gasteiger partial charge in [-0.3, -0.25) is 14.7 Å². The van der Waals surface area contributed by atoms with Crippen molar-refractivity contribution in [2.24, 2.45) is 0 Å². The Balaban J connectivity index is 1.22. The highest BCUT2D eigenvalue weighted by Crippen LogP contribution is 2.39. The standard InChI is InChI=1S/C29H32N4O4S/c1-38(35,36)26-5-3-24(4-6-26)33-13-10-23(20-33)27(34)18-22-2-7-28(31-19-22)29(21-30)11-8-25(9-12-29)32-14-16-37-17-15-32/h2-7,10,13,19-20,25H,8-9,11-12,14-18H2,1H3. The summed E-state index contributed by atoms with van der Waals surface area (Å²) in [5.41, 5.74) is 2.36. The Morgan fingerprint density at radius 2 is 1.82 bits per heavy atom. The number of nitriles is 1. The lowest BCUT2D eigenvalue weighted by Gasteiger charge is -2.41. The van der Waals surface area contributed by atoms with Gasteiger partial charge in [0, 0.05) is 61.6 Å². The molecule has 0 bridgehead atoms. The van der Waals surface area contributed by atoms with Gasteiger partial charge in [0.25, 0.3) is 0 Å². The van der Waals surface area contributed by atoms with Crippen molar-refractivity contribution in [1.29, 1.82) is 5.26 Å². The fraction of sp³-hybridized carbons (Fsp3) is 0.414. The number of morpholine rings is 1. The number of ether oxygens (including phenoxy) is 1. The molecule has 8 nitrogen and oxygen atoms in total. The maximum Gasteiger partial charge on any atom is 0.175 e. The van der Waals surface area contributed by atoms with Gasteiger partial charge in [0.05, 0.1) is 35.3 Å². The minimum absolute atomic E-state index is 0.0351. The van der Waals surface area contributed by atoms with Gasteiger partial charge in [-0.15, -0.1) is 0 Å². The number of hydrogen-bond donors (Lipinski definition) is 0. The third-order valence-electron chi connectivity index (χ3n) is 7.84. The number of aromatic nitrogens is 2. The van der Waals surface area contributed by atoms with Crippen molar-refractivity contribution in [2.45, 2.75) is 48.5 Å². The highest BCUT2D eigenvalue weighted by Gasteiger charge is 2.40. The van der Waals surface area contributed by atoms with Gasteiger partial charge < -0.3 is 9.30 Å². The topological polar surface area (TPSA) is 105 Å². The molecule has 0 unspecified atom stereocenters. The third kappa shape index (κ3) is 5.58. The summed E-state index contributed by atoms with van der Waals surface area (Å²) in [6.07, 6.45) is 10.2. The monoisotopic (exact) mass is 532 g/mol. The molecule has 0 spiro atoms. The molecule has 3 aromatic rings. The van der Waals surface area contributed by atoms with Crippen LogP contribution in [0, 0.1) is 11.3 Å². The Labute approximate surface area is 223 Å². The van der Waals surface area contributed by atoms with E-state index in [1.807, 2.05) is 12.1 Å². The molecule has 0 radical (unpaired) electrons. The molecule has 2 fully saturated rings. The maximum absolute atomic E-state index is 13.0. The van der Waals surface area contributed by atoms with Crippen LogP contribution in [0.25, 0.3) is 5.69 Å². The normalized spacial score (nSPS) is 22.6. The van der Waals surface area contributed by atoms with E-state index in [1.165, 1.54) is 6.26 Å². The quantitative estimate of drug-likeness (QED) is 0.427. The SMILES string of the molecule is CS(=O)(=O)c1ccc(-n2ccc(C(=O)Cc3ccc(C4(C#N)CCC(N5CCOCC5)CC4)nc3)c2)cc1. The zero-order chi connectivity index (χ0) is 26.8. The van der Waals surface area contributed by atoms with Crippen LogP contribution in [0.15, 0.2) is 66.0 Å². The van der Waals surface area contributed by atoms with E-state index in [1.54, 1.807) is 53.5 Å². The van der Waals surface area contributed by atoms with Crippen molar-refractivity contribution in [3.63, 3.8) is 0 Å². The van der Waals surface area contributed by atoms with E-state index >= 15 is 0 Å². The van der Waals surface area contributed by atoms with Gasteiger partial charge in [-0.05, 0) is 67.6 Å². The predicted molar refractivity (Wildman–Crippen MR) is 143 cm³/mol. The zero-order valence-electron chi connectivity index (χ0n) is 21.5. The molecular formula is C29H32N4O4S. The van der Waals surface area contributed by atoms with Gasteiger partial charge >= 0.3 is 0 Å². The van der Waals surface area contributed by atoms with Crippen molar-refractivity contribution < 1.29 is 17.9 Å². The molecule has 198 valence electrons. The summed E-state index contributed by atoms with van der Waals surface area (Å²) in [6, 6.07) is 15.2. The van der Waals surface area contributed by atoms with Crippen molar-refractivity contribution in [3.8, 4) is 11.8 Å². The van der Waals surface area contributed by atoms with Crippen LogP contribution in [-0.4, -0.2) is 67.3 Å². The molecule has 3 heterocycles. The lowest BCUT2D eigenvalue weighted by Crippen LogP contribution is -2.47. The second-order valence-corrected chi connectivity index (χ2v) is 12.3. The van der Waals surface area contributed by atoms with E-state index in [0.717, 1.165) is 68.9 Å². The van der Waals surface area contributed by atoms with Crippen LogP contribution in [0.2, 0.25) is 0 Å². The van der Waals surface area contributed by atoms with Crippen LogP contribution in [0.5, 0.6) is 0 Å². The first kappa shape index (κ1) is 26.3. The number of rotatable bonds is 7. The second kappa shape index (κ2) is 10.8. The predicted octanol–water partition coefficient (Wildman–Crippen LogP) is 3.74. The summed E-state index contributed by atoms with van der Waals surface area (Å²) in [4.78, 5) is 20.3. The smallest absolute Gasteiger partial charge is 0.175 e. The van der Waals surface area contributed by atoms with Crippen molar-refractivity contribution in [3.05, 3.63) is 77.9 Å². The first-order valence-electron chi connectivity index (χ1n) is 13.0. The molecule has 0 atom stereocenters. The summed E-state index contributed by atoms with van der Waals surface area (Å²) >= 11 is 0. The number of carbonyl (C=O) groups excluding carboxylic acids is 1. The van der Waals surface area contributed by atoms with Gasteiger partial charge in [-0.1, -0.05) is 6.07 Å². The molecular weight excluding hydrogens is 500 g/mol. The molecule has 2 aliphatic rings. The Hall–Kier alpha value is -3.32. The van der Waals surface area contributed by atoms with Crippen molar-refractivity contribution in [2.75, 3.05) is 32.6 Å². The highest BCUT2D eigenvalue weighted by atomic mass is 32.2. The number of nitrogens with zero attached hydrogens (tertiary/aromatic N) is 4. The number of Topliss-reactive ketones (excluding diaryl/α,β-unsaturated/α-hetero) is 1. The van der Waals surface area contributed by atoms with Gasteiger partial charge in [0.1, 0.15) is 0 Å². The molecule has 1 saturated carbocycles. The third-order valence-corrected chi connectivity index (χ3v) is 8.97. The Bertz CT molecular complexity index is 1420. The van der Waals surface area contributed by atoms with E-state index in [2.05, 4.69) is 16.0 Å². The van der Waals surface area contributed by atoms with Crippen LogP contribution in [-0.2, 0) is 26.4 Å². The molecule has 1 saturated heterocycles. The Morgan fingerprint density at radius 1 is 1.11 bits per heavy atom. The summed E-state index contributed by atoms with van der Waals surface area (Å²) < 4.78 is 30.6. The summed E-state index contributed by atoms with van der Waals surface area (Å²) in [7, 11) is -3.26. The first-order chi connectivity index (χ1) is 18.3. The summed E-state index contributed by atoms with van der Waals surface area (Å²) in [6.45, 7) is 3.49. The summed E-state index contributed by atoms with van der Waals surface area (Å²) in [5, 5.41) is 10.1. The number of pyridine rings is 1. The molecule has 1 aliphatic heterocycles. The highest BCUT2D eigenvalue weighted by molar-refractivity contribution is 7.90. The minimum Gasteiger partial charge on any atom is -0.379 e. The molecule has 9 heteroatoms. The van der Waals surface area contributed by atoms with Crippen molar-refractivity contribution >= 4 is 15.6 Å². The van der Waals surface area contributed by atoms with E-state index in [-0.39, 0.29) is 17.1 Å². The number of sulfone groups is 1. The van der Waals surface area contributed by atoms with Crippen LogP contribution in [0.1, 0.15) is 47.3 Å². The second-order valence-electron chi connectivity index (χ2n) is 10.3. The van der Waals surface area contributed by atoms with Crippen LogP contribution >= 0.6 is 0 Å². The fourth-order valence-corrected chi connectivity index (χ4v) is 6.15. The van der Waals surface area contributed by atoms with Gasteiger partial charge in [0.2, 0.25) is 0 Å². The van der Waals surface area contributed by atoms with Crippen LogP contribution in [0.3, 0.4) is 0 Å². The van der Waals surface area contributed by atoms with Crippen LogP contribution in [0.4, 0.5) is 0 Å². The van der Waals surface area contributed by atoms with E-state index in [4.69, 9.17) is 4.74 Å². The van der Waals surface area contributed by atoms with E-state index in [0.29, 0.717) is 11.6 Å². The van der Waals surface area contributed by atoms with E-state index < -0.39 is 15.3 Å². The molecule has 0 amide bonds. The summed E-state index contributed by atoms with van der Waals surface area (Å²) in [5.74, 6) is -0.0351. The lowest BCUT2D eigenvalue weighted by atomic mass is 9.71. The lowest BCUT2D eigenvalue weighted by molar-refractivity contribution is 0.00493. The molecule has 5 rings (SSSR count). The molecule has 1 aliphatic carbocycles. The number of ketones is 1. The minimum atomic E-state index is -3.26. The Morgan fingerprint density at radius 3 is 2.42 bits per heavy atom. The molecule has 1 aromatic carbocycles. The number of hydrogen-bond acceptors (Lipinski definition) is 7. The van der Waals surface area contributed by atoms with Crippen LogP contribution < -0.4 is 0 Å². The first-order valence-corrected chi connectivity index (χ1v) is 14.9. The maximum atomic E-state index is 13.0. The van der Waals surface area contributed by atoms with Gasteiger partial charge in [-0.25, -0.2) is 8.42 Å². The zero-order valence-corrected chi connectivity index (χ0v) is 22.4. The number of carbonyl (C=O) groups is 1. The largest absolute Gasteiger partial charge is 0.379 e. The molecule has 38 heavy (non-hydrogen) atoms. The Kier molecular flexibility index (Phi) is 7.48. The number of benzene rings is 1.